The fourth-order valence-electron chi connectivity index (χ4n) is 3.11. The Balaban J connectivity index is 1.97. The molecule has 8 heteroatoms. The molecular weight excluding hydrogens is 460 g/mol. The summed E-state index contributed by atoms with van der Waals surface area (Å²) in [6.45, 7) is 0. The van der Waals surface area contributed by atoms with Crippen LogP contribution in [0.1, 0.15) is 0 Å². The summed E-state index contributed by atoms with van der Waals surface area (Å²) in [4.78, 5) is 15.8. The Morgan fingerprint density at radius 2 is 1.61 bits per heavy atom. The van der Waals surface area contributed by atoms with Crippen molar-refractivity contribution < 1.29 is 13.2 Å². The van der Waals surface area contributed by atoms with Gasteiger partial charge in [0.05, 0.1) is 17.1 Å². The predicted molar refractivity (Wildman–Crippen MR) is 116 cm³/mol. The molecule has 0 atom stereocenters. The fraction of sp³-hybridized carbons (Fsp3) is 0.0500. The lowest BCUT2D eigenvalue weighted by molar-refractivity contribution is 0.256. The smallest absolute Gasteiger partial charge is 0.260 e. The molecule has 3 aromatic carbocycles. The molecule has 28 heavy (non-hydrogen) atoms. The molecule has 2 amide bonds. The maximum atomic E-state index is 13.5. The summed E-state index contributed by atoms with van der Waals surface area (Å²) < 4.78 is 28.3. The molecule has 0 unspecified atom stereocenters. The van der Waals surface area contributed by atoms with E-state index < -0.39 is 16.1 Å². The SMILES string of the molecule is CSc1cccc(N2C(=O)N(c3cccc(Br)c3)c3ccccc3S2(=O)=O)c1. The van der Waals surface area contributed by atoms with Crippen LogP contribution in [0.3, 0.4) is 0 Å². The Labute approximate surface area is 176 Å². The zero-order chi connectivity index (χ0) is 19.9. The van der Waals surface area contributed by atoms with E-state index in [9.17, 15) is 13.2 Å². The first-order valence-corrected chi connectivity index (χ1v) is 11.8. The molecule has 0 aromatic heterocycles. The van der Waals surface area contributed by atoms with Crippen LogP contribution >= 0.6 is 27.7 Å². The van der Waals surface area contributed by atoms with Gasteiger partial charge < -0.3 is 0 Å². The quantitative estimate of drug-likeness (QED) is 0.461. The molecule has 0 bridgehead atoms. The summed E-state index contributed by atoms with van der Waals surface area (Å²) in [6, 6.07) is 20.0. The van der Waals surface area contributed by atoms with E-state index in [4.69, 9.17) is 0 Å². The minimum Gasteiger partial charge on any atom is -0.260 e. The molecule has 0 fully saturated rings. The predicted octanol–water partition coefficient (Wildman–Crippen LogP) is 5.64. The number of anilines is 3. The highest BCUT2D eigenvalue weighted by molar-refractivity contribution is 9.10. The van der Waals surface area contributed by atoms with E-state index in [-0.39, 0.29) is 4.90 Å². The highest BCUT2D eigenvalue weighted by atomic mass is 79.9. The first-order chi connectivity index (χ1) is 13.4. The van der Waals surface area contributed by atoms with E-state index in [2.05, 4.69) is 15.9 Å². The number of hydrogen-bond acceptors (Lipinski definition) is 4. The highest BCUT2D eigenvalue weighted by Crippen LogP contribution is 2.41. The average Bonchev–Trinajstić information content (AvgIpc) is 2.68. The Hall–Kier alpha value is -2.29. The minimum atomic E-state index is -4.04. The van der Waals surface area contributed by atoms with Crippen LogP contribution in [0.4, 0.5) is 21.9 Å². The third-order valence-electron chi connectivity index (χ3n) is 4.34. The second-order valence-electron chi connectivity index (χ2n) is 6.04. The summed E-state index contributed by atoms with van der Waals surface area (Å²) >= 11 is 4.90. The van der Waals surface area contributed by atoms with Crippen LogP contribution in [0, 0.1) is 0 Å². The number of carbonyl (C=O) groups excluding carboxylic acids is 1. The number of fused-ring (bicyclic) bond motifs is 1. The van der Waals surface area contributed by atoms with Gasteiger partial charge in [0, 0.05) is 9.37 Å². The van der Waals surface area contributed by atoms with E-state index in [1.807, 2.05) is 18.4 Å². The molecule has 0 saturated heterocycles. The molecule has 1 aliphatic heterocycles. The van der Waals surface area contributed by atoms with Gasteiger partial charge in [-0.3, -0.25) is 4.90 Å². The third-order valence-corrected chi connectivity index (χ3v) is 7.31. The zero-order valence-electron chi connectivity index (χ0n) is 14.7. The highest BCUT2D eigenvalue weighted by Gasteiger charge is 2.43. The number of halogens is 1. The largest absolute Gasteiger partial charge is 0.347 e. The van der Waals surface area contributed by atoms with E-state index in [1.165, 1.54) is 22.7 Å². The molecule has 1 aliphatic rings. The van der Waals surface area contributed by atoms with E-state index >= 15 is 0 Å². The van der Waals surface area contributed by atoms with Crippen molar-refractivity contribution in [3.05, 3.63) is 77.3 Å². The van der Waals surface area contributed by atoms with Crippen LogP contribution < -0.4 is 9.21 Å². The molecule has 4 rings (SSSR count). The van der Waals surface area contributed by atoms with Gasteiger partial charge in [0.15, 0.2) is 0 Å². The van der Waals surface area contributed by atoms with Crippen molar-refractivity contribution in [1.82, 2.24) is 0 Å². The van der Waals surface area contributed by atoms with Crippen LogP contribution in [0.2, 0.25) is 0 Å². The number of urea groups is 1. The maximum absolute atomic E-state index is 13.5. The lowest BCUT2D eigenvalue weighted by atomic mass is 10.2. The lowest BCUT2D eigenvalue weighted by Crippen LogP contribution is -2.49. The van der Waals surface area contributed by atoms with E-state index in [1.54, 1.807) is 54.6 Å². The lowest BCUT2D eigenvalue weighted by Gasteiger charge is -2.36. The van der Waals surface area contributed by atoms with Gasteiger partial charge in [0.1, 0.15) is 4.90 Å². The molecule has 0 N–H and O–H groups in total. The topological polar surface area (TPSA) is 57.7 Å². The average molecular weight is 475 g/mol. The molecule has 3 aromatic rings. The van der Waals surface area contributed by atoms with Gasteiger partial charge in [0.2, 0.25) is 0 Å². The molecule has 0 spiro atoms. The number of para-hydroxylation sites is 1. The number of benzene rings is 3. The van der Waals surface area contributed by atoms with Crippen molar-refractivity contribution in [1.29, 1.82) is 0 Å². The summed E-state index contributed by atoms with van der Waals surface area (Å²) in [5.74, 6) is 0. The fourth-order valence-corrected chi connectivity index (χ4v) is 5.50. The normalized spacial score (nSPS) is 15.4. The van der Waals surface area contributed by atoms with Crippen LogP contribution in [-0.2, 0) is 10.0 Å². The molecule has 142 valence electrons. The minimum absolute atomic E-state index is 0.0872. The molecule has 0 aliphatic carbocycles. The third kappa shape index (κ3) is 3.11. The van der Waals surface area contributed by atoms with Crippen molar-refractivity contribution in [2.24, 2.45) is 0 Å². The Morgan fingerprint density at radius 3 is 2.36 bits per heavy atom. The summed E-state index contributed by atoms with van der Waals surface area (Å²) in [5.41, 5.74) is 1.22. The standard InChI is InChI=1S/C20H15BrN2O3S2/c1-27-17-9-5-8-16(13-17)23-20(24)22(15-7-4-6-14(21)12-15)18-10-2-3-11-19(18)28(23,25)26/h2-13H,1H3. The van der Waals surface area contributed by atoms with Gasteiger partial charge in [0.25, 0.3) is 10.0 Å². The number of nitrogens with zero attached hydrogens (tertiary/aromatic N) is 2. The summed E-state index contributed by atoms with van der Waals surface area (Å²) in [6.07, 6.45) is 1.90. The van der Waals surface area contributed by atoms with Gasteiger partial charge in [-0.05, 0) is 54.8 Å². The Kier molecular flexibility index (Phi) is 4.95. The van der Waals surface area contributed by atoms with Crippen molar-refractivity contribution in [2.45, 2.75) is 9.79 Å². The maximum Gasteiger partial charge on any atom is 0.347 e. The van der Waals surface area contributed by atoms with Crippen LogP contribution in [0.5, 0.6) is 0 Å². The molecule has 5 nitrogen and oxygen atoms in total. The second kappa shape index (κ2) is 7.27. The van der Waals surface area contributed by atoms with Gasteiger partial charge in [-0.1, -0.05) is 40.2 Å². The first kappa shape index (κ1) is 19.0. The van der Waals surface area contributed by atoms with Crippen molar-refractivity contribution in [2.75, 3.05) is 15.5 Å². The molecule has 0 radical (unpaired) electrons. The molecule has 1 heterocycles. The monoisotopic (exact) mass is 474 g/mol. The number of thioether (sulfide) groups is 1. The number of carbonyl (C=O) groups is 1. The first-order valence-electron chi connectivity index (χ1n) is 8.31. The summed E-state index contributed by atoms with van der Waals surface area (Å²) in [5, 5.41) is 0. The Morgan fingerprint density at radius 1 is 0.893 bits per heavy atom. The van der Waals surface area contributed by atoms with Gasteiger partial charge >= 0.3 is 6.03 Å². The number of hydrogen-bond donors (Lipinski definition) is 0. The van der Waals surface area contributed by atoms with E-state index in [0.29, 0.717) is 17.1 Å². The number of amides is 2. The van der Waals surface area contributed by atoms with Crippen LogP contribution in [-0.4, -0.2) is 20.7 Å². The number of sulfonamides is 1. The van der Waals surface area contributed by atoms with Crippen LogP contribution in [0.25, 0.3) is 0 Å². The van der Waals surface area contributed by atoms with Crippen molar-refractivity contribution in [3.63, 3.8) is 0 Å². The molecule has 0 saturated carbocycles. The van der Waals surface area contributed by atoms with Gasteiger partial charge in [-0.25, -0.2) is 13.2 Å². The van der Waals surface area contributed by atoms with Crippen molar-refractivity contribution >= 4 is 60.8 Å². The van der Waals surface area contributed by atoms with Crippen molar-refractivity contribution in [3.8, 4) is 0 Å². The van der Waals surface area contributed by atoms with Crippen LogP contribution in [0.15, 0.2) is 87.1 Å². The van der Waals surface area contributed by atoms with Gasteiger partial charge in [-0.15, -0.1) is 11.8 Å². The summed E-state index contributed by atoms with van der Waals surface area (Å²) in [7, 11) is -4.04. The second-order valence-corrected chi connectivity index (χ2v) is 9.59. The number of rotatable bonds is 3. The van der Waals surface area contributed by atoms with Gasteiger partial charge in [-0.2, -0.15) is 4.31 Å². The molecular formula is C20H15BrN2O3S2. The van der Waals surface area contributed by atoms with E-state index in [0.717, 1.165) is 13.7 Å². The zero-order valence-corrected chi connectivity index (χ0v) is 18.0. The Bertz CT molecular complexity index is 1180.